The number of carboxylic acids is 1. The zero-order chi connectivity index (χ0) is 26.9. The molecule has 198 valence electrons. The van der Waals surface area contributed by atoms with Gasteiger partial charge in [0.05, 0.1) is 23.5 Å². The Bertz CT molecular complexity index is 1210. The molecule has 1 aromatic heterocycles. The van der Waals surface area contributed by atoms with E-state index in [2.05, 4.69) is 39.7 Å². The lowest BCUT2D eigenvalue weighted by Gasteiger charge is -2.24. The number of aryl methyl sites for hydroxylation is 1. The van der Waals surface area contributed by atoms with Gasteiger partial charge in [0.1, 0.15) is 12.4 Å². The van der Waals surface area contributed by atoms with Gasteiger partial charge in [0.25, 0.3) is 0 Å². The Hall–Kier alpha value is -3.62. The number of fused-ring (bicyclic) bond motifs is 1. The molecule has 5 N–H and O–H groups in total. The number of hydrogen-bond donors (Lipinski definition) is 4. The molecule has 1 aliphatic heterocycles. The van der Waals surface area contributed by atoms with Crippen LogP contribution in [0.3, 0.4) is 0 Å². The van der Waals surface area contributed by atoms with Gasteiger partial charge in [0.15, 0.2) is 0 Å². The van der Waals surface area contributed by atoms with Crippen molar-refractivity contribution >= 4 is 17.3 Å². The van der Waals surface area contributed by atoms with E-state index in [1.807, 2.05) is 58.2 Å². The highest BCUT2D eigenvalue weighted by Gasteiger charge is 2.23. The molecule has 8 heteroatoms. The summed E-state index contributed by atoms with van der Waals surface area (Å²) in [5.41, 5.74) is 10.5. The van der Waals surface area contributed by atoms with E-state index < -0.39 is 5.97 Å². The van der Waals surface area contributed by atoms with Crippen molar-refractivity contribution in [1.82, 2.24) is 9.88 Å². The van der Waals surface area contributed by atoms with Crippen LogP contribution in [0.5, 0.6) is 5.75 Å². The van der Waals surface area contributed by atoms with Gasteiger partial charge < -0.3 is 20.6 Å². The highest BCUT2D eigenvalue weighted by atomic mass is 16.5. The molecular formula is C29H39N5O3. The van der Waals surface area contributed by atoms with E-state index in [0.29, 0.717) is 13.2 Å². The topological polar surface area (TPSA) is 113 Å². The number of pyridine rings is 1. The number of nitrogens with zero attached hydrogens (tertiary/aromatic N) is 2. The lowest BCUT2D eigenvalue weighted by atomic mass is 9.84. The first-order chi connectivity index (χ1) is 17.9. The first-order valence-corrected chi connectivity index (χ1v) is 12.8. The molecule has 0 bridgehead atoms. The van der Waals surface area contributed by atoms with Crippen LogP contribution in [-0.2, 0) is 17.9 Å². The summed E-state index contributed by atoms with van der Waals surface area (Å²) < 4.78 is 5.87. The van der Waals surface area contributed by atoms with E-state index >= 15 is 0 Å². The third kappa shape index (κ3) is 6.58. The number of hydrazine groups is 1. The number of nitrogens with two attached hydrogens (primary N) is 1. The van der Waals surface area contributed by atoms with Crippen molar-refractivity contribution in [3.8, 4) is 5.75 Å². The Morgan fingerprint density at radius 3 is 2.70 bits per heavy atom. The Morgan fingerprint density at radius 1 is 1.22 bits per heavy atom. The summed E-state index contributed by atoms with van der Waals surface area (Å²) in [6.45, 7) is 10.9. The van der Waals surface area contributed by atoms with Gasteiger partial charge in [-0.1, -0.05) is 38.1 Å². The number of nitrogen functional groups attached to an aromatic ring is 1. The van der Waals surface area contributed by atoms with E-state index in [0.717, 1.165) is 52.6 Å². The van der Waals surface area contributed by atoms with Crippen LogP contribution in [0.15, 0.2) is 48.7 Å². The minimum Gasteiger partial charge on any atom is -0.490 e. The maximum absolute atomic E-state index is 11.9. The molecule has 8 nitrogen and oxygen atoms in total. The largest absolute Gasteiger partial charge is 0.490 e. The molecule has 0 fully saturated rings. The molecule has 0 unspecified atom stereocenters. The number of hydrogen-bond acceptors (Lipinski definition) is 7. The average molecular weight is 506 g/mol. The highest BCUT2D eigenvalue weighted by molar-refractivity contribution is 5.75. The van der Waals surface area contributed by atoms with Crippen LogP contribution in [0, 0.1) is 13.8 Å². The van der Waals surface area contributed by atoms with Gasteiger partial charge >= 0.3 is 5.97 Å². The first kappa shape index (κ1) is 28.0. The van der Waals surface area contributed by atoms with Crippen LogP contribution in [0.4, 0.5) is 11.4 Å². The fraction of sp³-hybridized carbons (Fsp3) is 0.379. The average Bonchev–Trinajstić information content (AvgIpc) is 3.11. The minimum atomic E-state index is -0.844. The van der Waals surface area contributed by atoms with E-state index in [4.69, 9.17) is 10.6 Å². The van der Waals surface area contributed by atoms with E-state index in [1.54, 1.807) is 6.20 Å². The first-order valence-electron chi connectivity index (χ1n) is 12.8. The second-order valence-corrected chi connectivity index (χ2v) is 8.94. The zero-order valence-corrected chi connectivity index (χ0v) is 22.5. The lowest BCUT2D eigenvalue weighted by molar-refractivity contribution is -0.137. The van der Waals surface area contributed by atoms with Crippen molar-refractivity contribution in [2.24, 2.45) is 5.84 Å². The van der Waals surface area contributed by atoms with Gasteiger partial charge in [-0.05, 0) is 59.9 Å². The molecule has 0 saturated carbocycles. The van der Waals surface area contributed by atoms with Crippen LogP contribution in [0.25, 0.3) is 0 Å². The Labute approximate surface area is 219 Å². The Morgan fingerprint density at radius 2 is 2.00 bits per heavy atom. The molecule has 0 radical (unpaired) electrons. The van der Waals surface area contributed by atoms with Crippen LogP contribution >= 0.6 is 0 Å². The summed E-state index contributed by atoms with van der Waals surface area (Å²) in [4.78, 5) is 18.7. The highest BCUT2D eigenvalue weighted by Crippen LogP contribution is 2.37. The van der Waals surface area contributed by atoms with Crippen LogP contribution in [0.2, 0.25) is 0 Å². The van der Waals surface area contributed by atoms with Crippen molar-refractivity contribution in [2.45, 2.75) is 53.1 Å². The fourth-order valence-corrected chi connectivity index (χ4v) is 4.78. The zero-order valence-electron chi connectivity index (χ0n) is 22.5. The number of carboxylic acid groups (broad SMARTS) is 1. The second kappa shape index (κ2) is 13.1. The molecule has 37 heavy (non-hydrogen) atoms. The molecule has 0 spiro atoms. The Kier molecular flexibility index (Phi) is 9.88. The third-order valence-electron chi connectivity index (χ3n) is 6.73. The van der Waals surface area contributed by atoms with Crippen LogP contribution < -0.4 is 21.3 Å². The van der Waals surface area contributed by atoms with Crippen molar-refractivity contribution < 1.29 is 14.6 Å². The fourth-order valence-electron chi connectivity index (χ4n) is 4.78. The number of nitrogens with one attached hydrogen (secondary N) is 2. The summed E-state index contributed by atoms with van der Waals surface area (Å²) in [5, 5.41) is 12.9. The molecule has 0 saturated heterocycles. The van der Waals surface area contributed by atoms with Crippen molar-refractivity contribution in [2.75, 3.05) is 30.9 Å². The number of rotatable bonds is 8. The number of aromatic nitrogens is 1. The van der Waals surface area contributed by atoms with Crippen molar-refractivity contribution in [1.29, 1.82) is 0 Å². The molecular weight excluding hydrogens is 466 g/mol. The molecule has 4 rings (SSSR count). The van der Waals surface area contributed by atoms with Gasteiger partial charge in [-0.15, -0.1) is 0 Å². The maximum atomic E-state index is 11.9. The van der Waals surface area contributed by atoms with Crippen LogP contribution in [0.1, 0.15) is 59.7 Å². The molecule has 1 aliphatic rings. The number of anilines is 2. The SMILES string of the molecule is CC.CNc1ccc([C@H](CC(=O)O)c2ccc(C)c(CN3CCOc4cccnc4C3)c2)c(C)c1NN. The van der Waals surface area contributed by atoms with Crippen molar-refractivity contribution in [3.63, 3.8) is 0 Å². The molecule has 0 aliphatic carbocycles. The number of carbonyl (C=O) groups is 1. The normalized spacial score (nSPS) is 13.8. The summed E-state index contributed by atoms with van der Waals surface area (Å²) in [7, 11) is 1.83. The molecule has 2 aromatic carbocycles. The maximum Gasteiger partial charge on any atom is 0.304 e. The number of aliphatic carboxylic acids is 1. The lowest BCUT2D eigenvalue weighted by Crippen LogP contribution is -2.26. The summed E-state index contributed by atoms with van der Waals surface area (Å²) in [5.74, 6) is 5.49. The summed E-state index contributed by atoms with van der Waals surface area (Å²) >= 11 is 0. The smallest absolute Gasteiger partial charge is 0.304 e. The minimum absolute atomic E-state index is 0.0128. The molecule has 0 amide bonds. The van der Waals surface area contributed by atoms with Gasteiger partial charge in [-0.3, -0.25) is 20.5 Å². The van der Waals surface area contributed by atoms with E-state index in [9.17, 15) is 9.90 Å². The molecule has 1 atom stereocenters. The molecule has 2 heterocycles. The predicted octanol–water partition coefficient (Wildman–Crippen LogP) is 5.05. The number of benzene rings is 2. The number of ether oxygens (including phenoxy) is 1. The summed E-state index contributed by atoms with van der Waals surface area (Å²) in [6, 6.07) is 14.0. The quantitative estimate of drug-likeness (QED) is 0.248. The standard InChI is InChI=1S/C27H33N5O3.C2H6/c1-17-6-7-19(13-20(17)15-32-11-12-35-25-5-4-10-30-24(25)16-32)22(14-26(33)34)21-8-9-23(29-3)27(31-28)18(21)2;1-2/h4-10,13,22,29,31H,11-12,14-16,28H2,1-3H3,(H,33,34);1-2H3/t22-;/m1./s1. The van der Waals surface area contributed by atoms with Gasteiger partial charge in [0.2, 0.25) is 0 Å². The Balaban J connectivity index is 0.00000186. The second-order valence-electron chi connectivity index (χ2n) is 8.94. The van der Waals surface area contributed by atoms with Gasteiger partial charge in [-0.25, -0.2) is 0 Å². The molecule has 3 aromatic rings. The predicted molar refractivity (Wildman–Crippen MR) is 149 cm³/mol. The van der Waals surface area contributed by atoms with Gasteiger partial charge in [0, 0.05) is 38.8 Å². The summed E-state index contributed by atoms with van der Waals surface area (Å²) in [6.07, 6.45) is 1.78. The monoisotopic (exact) mass is 505 g/mol. The van der Waals surface area contributed by atoms with Crippen molar-refractivity contribution in [3.05, 3.63) is 82.2 Å². The van der Waals surface area contributed by atoms with E-state index in [1.165, 1.54) is 11.1 Å². The van der Waals surface area contributed by atoms with E-state index in [-0.39, 0.29) is 12.3 Å². The van der Waals surface area contributed by atoms with Gasteiger partial charge in [-0.2, -0.15) is 0 Å². The third-order valence-corrected chi connectivity index (χ3v) is 6.73. The van der Waals surface area contributed by atoms with Crippen LogP contribution in [-0.4, -0.2) is 41.2 Å².